The SMILES string of the molecule is NC(=O)COc1cccc(CS(=O)(=O)[C@H]2CCCc3ccccc32)c1. The Bertz CT molecular complexity index is 876. The summed E-state index contributed by atoms with van der Waals surface area (Å²) in [6, 6.07) is 14.6. The molecule has 1 atom stereocenters. The zero-order valence-corrected chi connectivity index (χ0v) is 14.7. The molecule has 0 fully saturated rings. The fraction of sp³-hybridized carbons (Fsp3) is 0.316. The molecule has 0 bridgehead atoms. The van der Waals surface area contributed by atoms with Gasteiger partial charge in [-0.05, 0) is 48.1 Å². The maximum atomic E-state index is 13.0. The summed E-state index contributed by atoms with van der Waals surface area (Å²) >= 11 is 0. The third kappa shape index (κ3) is 4.20. The number of fused-ring (bicyclic) bond motifs is 1. The van der Waals surface area contributed by atoms with Crippen molar-refractivity contribution in [1.29, 1.82) is 0 Å². The van der Waals surface area contributed by atoms with Crippen LogP contribution in [0.15, 0.2) is 48.5 Å². The van der Waals surface area contributed by atoms with E-state index in [0.29, 0.717) is 17.7 Å². The van der Waals surface area contributed by atoms with Gasteiger partial charge >= 0.3 is 0 Å². The summed E-state index contributed by atoms with van der Waals surface area (Å²) in [5, 5.41) is -0.465. The predicted molar refractivity (Wildman–Crippen MR) is 95.9 cm³/mol. The molecule has 0 aromatic heterocycles. The summed E-state index contributed by atoms with van der Waals surface area (Å²) in [7, 11) is -3.35. The molecule has 0 heterocycles. The maximum absolute atomic E-state index is 13.0. The number of benzene rings is 2. The molecule has 3 rings (SSSR count). The molecule has 25 heavy (non-hydrogen) atoms. The molecule has 0 saturated carbocycles. The lowest BCUT2D eigenvalue weighted by Crippen LogP contribution is -2.21. The highest BCUT2D eigenvalue weighted by Gasteiger charge is 2.31. The first-order valence-corrected chi connectivity index (χ1v) is 9.97. The van der Waals surface area contributed by atoms with Crippen molar-refractivity contribution in [3.8, 4) is 5.75 Å². The summed E-state index contributed by atoms with van der Waals surface area (Å²) in [6.07, 6.45) is 2.46. The standard InChI is InChI=1S/C19H21NO4S/c20-19(21)12-24-16-8-3-5-14(11-16)13-25(22,23)18-10-4-7-15-6-1-2-9-17(15)18/h1-3,5-6,8-9,11,18H,4,7,10,12-13H2,(H2,20,21)/t18-/m0/s1. The zero-order valence-electron chi connectivity index (χ0n) is 13.9. The van der Waals surface area contributed by atoms with Crippen molar-refractivity contribution in [3.63, 3.8) is 0 Å². The smallest absolute Gasteiger partial charge is 0.255 e. The van der Waals surface area contributed by atoms with Gasteiger partial charge in [0.25, 0.3) is 5.91 Å². The summed E-state index contributed by atoms with van der Waals surface area (Å²) in [4.78, 5) is 10.8. The second kappa shape index (κ2) is 7.27. The molecule has 1 aliphatic carbocycles. The van der Waals surface area contributed by atoms with Gasteiger partial charge in [0.15, 0.2) is 16.4 Å². The molecular weight excluding hydrogens is 338 g/mol. The highest BCUT2D eigenvalue weighted by atomic mass is 32.2. The largest absolute Gasteiger partial charge is 0.484 e. The van der Waals surface area contributed by atoms with Gasteiger partial charge in [-0.25, -0.2) is 8.42 Å². The lowest BCUT2D eigenvalue weighted by Gasteiger charge is -2.25. The van der Waals surface area contributed by atoms with E-state index in [2.05, 4.69) is 0 Å². The van der Waals surface area contributed by atoms with E-state index < -0.39 is 21.0 Å². The number of rotatable bonds is 6. The molecule has 1 amide bonds. The van der Waals surface area contributed by atoms with Crippen molar-refractivity contribution in [2.45, 2.75) is 30.3 Å². The Balaban J connectivity index is 1.81. The molecule has 0 unspecified atom stereocenters. The van der Waals surface area contributed by atoms with Crippen molar-refractivity contribution >= 4 is 15.7 Å². The summed E-state index contributed by atoms with van der Waals surface area (Å²) in [6.45, 7) is -0.230. The number of hydrogen-bond acceptors (Lipinski definition) is 4. The minimum atomic E-state index is -3.35. The van der Waals surface area contributed by atoms with Crippen molar-refractivity contribution in [2.75, 3.05) is 6.61 Å². The van der Waals surface area contributed by atoms with Crippen LogP contribution in [-0.4, -0.2) is 20.9 Å². The summed E-state index contributed by atoms with van der Waals surface area (Å²) in [5.41, 5.74) is 7.76. The second-order valence-corrected chi connectivity index (χ2v) is 8.47. The molecule has 0 spiro atoms. The molecule has 1 aliphatic rings. The van der Waals surface area contributed by atoms with Gasteiger partial charge in [-0.15, -0.1) is 0 Å². The van der Waals surface area contributed by atoms with Crippen LogP contribution in [0, 0.1) is 0 Å². The Kier molecular flexibility index (Phi) is 5.08. The zero-order chi connectivity index (χ0) is 17.9. The van der Waals surface area contributed by atoms with E-state index >= 15 is 0 Å². The van der Waals surface area contributed by atoms with Gasteiger partial charge < -0.3 is 10.5 Å². The Morgan fingerprint density at radius 1 is 1.16 bits per heavy atom. The third-order valence-electron chi connectivity index (χ3n) is 4.40. The number of amides is 1. The number of carbonyl (C=O) groups excluding carboxylic acids is 1. The monoisotopic (exact) mass is 359 g/mol. The number of primary amides is 1. The normalized spacial score (nSPS) is 16.9. The predicted octanol–water partition coefficient (Wildman–Crippen LogP) is 2.54. The van der Waals surface area contributed by atoms with Crippen LogP contribution in [0.5, 0.6) is 5.75 Å². The lowest BCUT2D eigenvalue weighted by molar-refractivity contribution is -0.119. The Hall–Kier alpha value is -2.34. The summed E-state index contributed by atoms with van der Waals surface area (Å²) in [5.74, 6) is -0.188. The third-order valence-corrected chi connectivity index (χ3v) is 6.49. The Labute approximate surface area is 147 Å². The van der Waals surface area contributed by atoms with Gasteiger partial charge in [-0.2, -0.15) is 0 Å². The van der Waals surface area contributed by atoms with E-state index in [9.17, 15) is 13.2 Å². The van der Waals surface area contributed by atoms with Gasteiger partial charge in [0.05, 0.1) is 11.0 Å². The van der Waals surface area contributed by atoms with Crippen molar-refractivity contribution in [2.24, 2.45) is 5.73 Å². The van der Waals surface area contributed by atoms with E-state index in [-0.39, 0.29) is 12.4 Å². The number of aryl methyl sites for hydroxylation is 1. The van der Waals surface area contributed by atoms with E-state index in [1.54, 1.807) is 24.3 Å². The van der Waals surface area contributed by atoms with Gasteiger partial charge in [0.1, 0.15) is 5.75 Å². The molecule has 0 radical (unpaired) electrons. The highest BCUT2D eigenvalue weighted by molar-refractivity contribution is 7.90. The van der Waals surface area contributed by atoms with E-state index in [1.807, 2.05) is 24.3 Å². The first kappa shape index (κ1) is 17.5. The summed E-state index contributed by atoms with van der Waals surface area (Å²) < 4.78 is 31.2. The fourth-order valence-corrected chi connectivity index (χ4v) is 5.28. The van der Waals surface area contributed by atoms with Gasteiger partial charge in [0, 0.05) is 0 Å². The van der Waals surface area contributed by atoms with E-state index in [1.165, 1.54) is 0 Å². The topological polar surface area (TPSA) is 86.5 Å². The maximum Gasteiger partial charge on any atom is 0.255 e. The van der Waals surface area contributed by atoms with Crippen molar-refractivity contribution in [1.82, 2.24) is 0 Å². The molecule has 2 aromatic rings. The van der Waals surface area contributed by atoms with Crippen LogP contribution in [0.25, 0.3) is 0 Å². The average molecular weight is 359 g/mol. The molecular formula is C19H21NO4S. The van der Waals surface area contributed by atoms with E-state index in [4.69, 9.17) is 10.5 Å². The van der Waals surface area contributed by atoms with Crippen molar-refractivity contribution < 1.29 is 17.9 Å². The fourth-order valence-electron chi connectivity index (χ4n) is 3.29. The molecule has 2 aromatic carbocycles. The second-order valence-electron chi connectivity index (χ2n) is 6.29. The lowest BCUT2D eigenvalue weighted by atomic mass is 9.91. The first-order valence-electron chi connectivity index (χ1n) is 8.25. The molecule has 5 nitrogen and oxygen atoms in total. The van der Waals surface area contributed by atoms with Crippen LogP contribution >= 0.6 is 0 Å². The minimum absolute atomic E-state index is 0.0558. The Morgan fingerprint density at radius 3 is 2.76 bits per heavy atom. The van der Waals surface area contributed by atoms with Crippen LogP contribution in [0.4, 0.5) is 0 Å². The molecule has 132 valence electrons. The quantitative estimate of drug-likeness (QED) is 0.859. The highest BCUT2D eigenvalue weighted by Crippen LogP contribution is 2.37. The van der Waals surface area contributed by atoms with E-state index in [0.717, 1.165) is 24.0 Å². The number of nitrogens with two attached hydrogens (primary N) is 1. The molecule has 0 aliphatic heterocycles. The number of ether oxygens (including phenoxy) is 1. The van der Waals surface area contributed by atoms with Crippen LogP contribution in [0.3, 0.4) is 0 Å². The van der Waals surface area contributed by atoms with Gasteiger partial charge in [-0.1, -0.05) is 36.4 Å². The molecule has 2 N–H and O–H groups in total. The first-order chi connectivity index (χ1) is 12.0. The number of sulfone groups is 1. The minimum Gasteiger partial charge on any atom is -0.484 e. The number of carbonyl (C=O) groups is 1. The van der Waals surface area contributed by atoms with Gasteiger partial charge in [-0.3, -0.25) is 4.79 Å². The van der Waals surface area contributed by atoms with Crippen LogP contribution in [-0.2, 0) is 26.8 Å². The average Bonchev–Trinajstić information content (AvgIpc) is 2.59. The van der Waals surface area contributed by atoms with Crippen molar-refractivity contribution in [3.05, 3.63) is 65.2 Å². The molecule has 0 saturated heterocycles. The molecule has 6 heteroatoms. The number of hydrogen-bond donors (Lipinski definition) is 1. The van der Waals surface area contributed by atoms with Crippen LogP contribution < -0.4 is 10.5 Å². The van der Waals surface area contributed by atoms with Gasteiger partial charge in [0.2, 0.25) is 0 Å². The van der Waals surface area contributed by atoms with Crippen LogP contribution in [0.1, 0.15) is 34.8 Å². The van der Waals surface area contributed by atoms with Crippen LogP contribution in [0.2, 0.25) is 0 Å². The Morgan fingerprint density at radius 2 is 1.96 bits per heavy atom.